The predicted octanol–water partition coefficient (Wildman–Crippen LogP) is 4.15. The van der Waals surface area contributed by atoms with Gasteiger partial charge in [0.05, 0.1) is 5.41 Å². The molecular weight excluding hydrogens is 338 g/mol. The van der Waals surface area contributed by atoms with Crippen molar-refractivity contribution >= 4 is 33.7 Å². The Bertz CT molecular complexity index is 461. The lowest BCUT2D eigenvalue weighted by Gasteiger charge is -2.27. The molecule has 0 fully saturated rings. The van der Waals surface area contributed by atoms with E-state index in [-0.39, 0.29) is 0 Å². The molecule has 3 nitrogen and oxygen atoms in total. The molecule has 0 atom stereocenters. The van der Waals surface area contributed by atoms with Gasteiger partial charge in [-0.1, -0.05) is 35.8 Å². The fraction of sp³-hybridized carbons (Fsp3) is 0.533. The summed E-state index contributed by atoms with van der Waals surface area (Å²) in [7, 11) is 0. The van der Waals surface area contributed by atoms with Crippen molar-refractivity contribution in [2.45, 2.75) is 38.1 Å². The molecule has 0 unspecified atom stereocenters. The zero-order valence-corrected chi connectivity index (χ0v) is 14.6. The zero-order chi connectivity index (χ0) is 15.2. The normalized spacial score (nSPS) is 11.6. The first kappa shape index (κ1) is 17.5. The minimum atomic E-state index is -0.712. The van der Waals surface area contributed by atoms with Crippen LogP contribution in [0.1, 0.15) is 32.3 Å². The molecule has 0 aromatic heterocycles. The van der Waals surface area contributed by atoms with Gasteiger partial charge in [-0.15, -0.1) is 11.8 Å². The average Bonchev–Trinajstić information content (AvgIpc) is 2.44. The number of hydrogen-bond donors (Lipinski definition) is 2. The van der Waals surface area contributed by atoms with Gasteiger partial charge in [0.2, 0.25) is 0 Å². The smallest absolute Gasteiger partial charge is 0.310 e. The van der Waals surface area contributed by atoms with Crippen LogP contribution < -0.4 is 5.32 Å². The molecule has 0 aliphatic heterocycles. The number of carboxylic acid groups (broad SMARTS) is 1. The van der Waals surface area contributed by atoms with Crippen molar-refractivity contribution in [3.05, 3.63) is 28.2 Å². The van der Waals surface area contributed by atoms with E-state index in [4.69, 9.17) is 0 Å². The third-order valence-corrected chi connectivity index (χ3v) is 5.15. The molecule has 1 aromatic rings. The van der Waals surface area contributed by atoms with E-state index in [2.05, 4.69) is 33.4 Å². The summed E-state index contributed by atoms with van der Waals surface area (Å²) in [6, 6.07) is 6.18. The molecular formula is C15H22BrNO2S. The number of thioether (sulfide) groups is 1. The molecule has 0 radical (unpaired) electrons. The number of aliphatic carboxylic acids is 1. The van der Waals surface area contributed by atoms with Crippen molar-refractivity contribution in [2.75, 3.05) is 12.8 Å². The highest BCUT2D eigenvalue weighted by atomic mass is 79.9. The first-order chi connectivity index (χ1) is 9.49. The van der Waals surface area contributed by atoms with E-state index >= 15 is 0 Å². The minimum absolute atomic E-state index is 0.499. The topological polar surface area (TPSA) is 49.3 Å². The number of halogens is 1. The Morgan fingerprint density at radius 1 is 1.40 bits per heavy atom. The molecule has 20 heavy (non-hydrogen) atoms. The Labute approximate surface area is 133 Å². The van der Waals surface area contributed by atoms with E-state index in [1.54, 1.807) is 11.8 Å². The monoisotopic (exact) mass is 359 g/mol. The van der Waals surface area contributed by atoms with Crippen molar-refractivity contribution in [3.63, 3.8) is 0 Å². The number of rotatable bonds is 8. The summed E-state index contributed by atoms with van der Waals surface area (Å²) >= 11 is 5.17. The molecule has 112 valence electrons. The fourth-order valence-corrected chi connectivity index (χ4v) is 3.34. The number of carboxylic acids is 1. The minimum Gasteiger partial charge on any atom is -0.481 e. The van der Waals surface area contributed by atoms with Crippen LogP contribution in [0.25, 0.3) is 0 Å². The summed E-state index contributed by atoms with van der Waals surface area (Å²) < 4.78 is 1.06. The molecule has 5 heteroatoms. The van der Waals surface area contributed by atoms with Crippen molar-refractivity contribution in [2.24, 2.45) is 5.41 Å². The molecule has 0 heterocycles. The van der Waals surface area contributed by atoms with Gasteiger partial charge in [-0.2, -0.15) is 0 Å². The lowest BCUT2D eigenvalue weighted by molar-refractivity contribution is -0.149. The molecule has 0 spiro atoms. The lowest BCUT2D eigenvalue weighted by Crippen LogP contribution is -2.40. The molecule has 0 amide bonds. The molecule has 0 saturated carbocycles. The predicted molar refractivity (Wildman–Crippen MR) is 88.3 cm³/mol. The fourth-order valence-electron chi connectivity index (χ4n) is 2.18. The van der Waals surface area contributed by atoms with Gasteiger partial charge in [-0.3, -0.25) is 4.79 Å². The Hall–Kier alpha value is -0.520. The van der Waals surface area contributed by atoms with Crippen LogP contribution in [-0.4, -0.2) is 23.9 Å². The second-order valence-electron chi connectivity index (χ2n) is 4.85. The van der Waals surface area contributed by atoms with E-state index < -0.39 is 11.4 Å². The van der Waals surface area contributed by atoms with Gasteiger partial charge in [-0.25, -0.2) is 0 Å². The van der Waals surface area contributed by atoms with Crippen LogP contribution in [0.4, 0.5) is 0 Å². The van der Waals surface area contributed by atoms with Crippen molar-refractivity contribution in [1.82, 2.24) is 5.32 Å². The maximum Gasteiger partial charge on any atom is 0.310 e. The van der Waals surface area contributed by atoms with Gasteiger partial charge in [0.1, 0.15) is 0 Å². The quantitative estimate of drug-likeness (QED) is 0.684. The summed E-state index contributed by atoms with van der Waals surface area (Å²) in [4.78, 5) is 12.7. The van der Waals surface area contributed by atoms with Crippen LogP contribution >= 0.6 is 27.7 Å². The largest absolute Gasteiger partial charge is 0.481 e. The van der Waals surface area contributed by atoms with E-state index in [1.165, 1.54) is 10.5 Å². The zero-order valence-electron chi connectivity index (χ0n) is 12.2. The molecule has 0 aliphatic rings. The van der Waals surface area contributed by atoms with Crippen LogP contribution in [0.15, 0.2) is 27.6 Å². The third-order valence-electron chi connectivity index (χ3n) is 3.84. The molecule has 0 bridgehead atoms. The first-order valence-electron chi connectivity index (χ1n) is 6.75. The van der Waals surface area contributed by atoms with Gasteiger partial charge >= 0.3 is 5.97 Å². The Balaban J connectivity index is 2.70. The maximum atomic E-state index is 11.4. The van der Waals surface area contributed by atoms with E-state index in [9.17, 15) is 9.90 Å². The number of carbonyl (C=O) groups is 1. The average molecular weight is 360 g/mol. The highest BCUT2D eigenvalue weighted by Crippen LogP contribution is 2.27. The van der Waals surface area contributed by atoms with Crippen LogP contribution in [-0.2, 0) is 11.3 Å². The summed E-state index contributed by atoms with van der Waals surface area (Å²) in [6.45, 7) is 5.07. The Kier molecular flexibility index (Phi) is 7.06. The summed E-state index contributed by atoms with van der Waals surface area (Å²) in [5.41, 5.74) is 0.543. The van der Waals surface area contributed by atoms with Crippen molar-refractivity contribution < 1.29 is 9.90 Å². The first-order valence-corrected chi connectivity index (χ1v) is 8.77. The van der Waals surface area contributed by atoms with Gasteiger partial charge < -0.3 is 10.4 Å². The molecule has 1 aromatic carbocycles. The number of nitrogens with one attached hydrogen (secondary N) is 1. The number of benzene rings is 1. The summed E-state index contributed by atoms with van der Waals surface area (Å²) in [5, 5.41) is 12.7. The number of hydrogen-bond acceptors (Lipinski definition) is 3. The van der Waals surface area contributed by atoms with Crippen LogP contribution in [0.3, 0.4) is 0 Å². The lowest BCUT2D eigenvalue weighted by atomic mass is 9.82. The van der Waals surface area contributed by atoms with Gasteiger partial charge in [0.25, 0.3) is 0 Å². The third kappa shape index (κ3) is 4.24. The molecule has 2 N–H and O–H groups in total. The Morgan fingerprint density at radius 2 is 2.05 bits per heavy atom. The standard InChI is InChI=1S/C15H22BrNO2S/c1-4-15(5-2,14(18)19)10-17-9-11-6-7-12(16)8-13(11)20-3/h6-8,17H,4-5,9-10H2,1-3H3,(H,18,19). The van der Waals surface area contributed by atoms with Crippen LogP contribution in [0, 0.1) is 5.41 Å². The van der Waals surface area contributed by atoms with E-state index in [0.717, 1.165) is 4.47 Å². The SMILES string of the molecule is CCC(CC)(CNCc1ccc(Br)cc1SC)C(=O)O. The molecule has 1 rings (SSSR count). The Morgan fingerprint density at radius 3 is 2.55 bits per heavy atom. The molecule has 0 saturated heterocycles. The molecule has 0 aliphatic carbocycles. The summed E-state index contributed by atoms with van der Waals surface area (Å²) in [5.74, 6) is -0.712. The highest BCUT2D eigenvalue weighted by Gasteiger charge is 2.34. The van der Waals surface area contributed by atoms with Crippen molar-refractivity contribution in [1.29, 1.82) is 0 Å². The van der Waals surface area contributed by atoms with Crippen LogP contribution in [0.5, 0.6) is 0 Å². The van der Waals surface area contributed by atoms with Gasteiger partial charge in [0, 0.05) is 22.5 Å². The van der Waals surface area contributed by atoms with E-state index in [0.29, 0.717) is 25.9 Å². The van der Waals surface area contributed by atoms with Crippen molar-refractivity contribution in [3.8, 4) is 0 Å². The second-order valence-corrected chi connectivity index (χ2v) is 6.62. The van der Waals surface area contributed by atoms with E-state index in [1.807, 2.05) is 26.2 Å². The maximum absolute atomic E-state index is 11.4. The second kappa shape index (κ2) is 8.05. The van der Waals surface area contributed by atoms with Crippen LogP contribution in [0.2, 0.25) is 0 Å². The van der Waals surface area contributed by atoms with Gasteiger partial charge in [0.15, 0.2) is 0 Å². The van der Waals surface area contributed by atoms with Gasteiger partial charge in [-0.05, 0) is 36.8 Å². The highest BCUT2D eigenvalue weighted by molar-refractivity contribution is 9.10. The summed E-state index contributed by atoms with van der Waals surface area (Å²) in [6.07, 6.45) is 3.33.